The normalized spacial score (nSPS) is 15.5. The van der Waals surface area contributed by atoms with Crippen molar-refractivity contribution < 1.29 is 17.9 Å². The molecule has 8 heteroatoms. The van der Waals surface area contributed by atoms with Gasteiger partial charge in [-0.1, -0.05) is 18.2 Å². The van der Waals surface area contributed by atoms with E-state index in [1.165, 1.54) is 24.3 Å². The number of nitrogens with zero attached hydrogens (tertiary/aromatic N) is 2. The summed E-state index contributed by atoms with van der Waals surface area (Å²) in [6.07, 6.45) is 0. The van der Waals surface area contributed by atoms with E-state index in [0.29, 0.717) is 25.3 Å². The molecule has 1 fully saturated rings. The summed E-state index contributed by atoms with van der Waals surface area (Å²) in [6.45, 7) is 4.22. The first-order valence-corrected chi connectivity index (χ1v) is 10.3. The molecule has 1 aliphatic rings. The third-order valence-corrected chi connectivity index (χ3v) is 5.44. The van der Waals surface area contributed by atoms with Crippen molar-refractivity contribution in [2.45, 2.75) is 4.90 Å². The molecule has 144 valence electrons. The largest absolute Gasteiger partial charge is 0.492 e. The van der Waals surface area contributed by atoms with Crippen molar-refractivity contribution in [2.24, 2.45) is 5.14 Å². The van der Waals surface area contributed by atoms with Crippen LogP contribution < -0.4 is 9.88 Å². The number of amides is 1. The second-order valence-corrected chi connectivity index (χ2v) is 7.93. The summed E-state index contributed by atoms with van der Waals surface area (Å²) < 4.78 is 28.3. The lowest BCUT2D eigenvalue weighted by Crippen LogP contribution is -2.49. The maximum absolute atomic E-state index is 12.6. The Balaban J connectivity index is 1.46. The van der Waals surface area contributed by atoms with E-state index in [9.17, 15) is 13.2 Å². The van der Waals surface area contributed by atoms with E-state index in [1.54, 1.807) is 4.90 Å². The van der Waals surface area contributed by atoms with Gasteiger partial charge in [0.25, 0.3) is 5.91 Å². The molecule has 0 atom stereocenters. The fourth-order valence-corrected chi connectivity index (χ4v) is 3.47. The minimum absolute atomic E-state index is 0.00212. The van der Waals surface area contributed by atoms with Crippen LogP contribution in [0.5, 0.6) is 5.75 Å². The molecule has 1 saturated heterocycles. The van der Waals surface area contributed by atoms with Crippen molar-refractivity contribution in [3.8, 4) is 5.75 Å². The van der Waals surface area contributed by atoms with Crippen LogP contribution in [0.2, 0.25) is 0 Å². The molecule has 0 bridgehead atoms. The minimum atomic E-state index is -3.75. The molecule has 0 saturated carbocycles. The monoisotopic (exact) mass is 389 g/mol. The second kappa shape index (κ2) is 8.51. The van der Waals surface area contributed by atoms with Crippen molar-refractivity contribution in [1.82, 2.24) is 9.80 Å². The van der Waals surface area contributed by atoms with E-state index in [4.69, 9.17) is 9.88 Å². The van der Waals surface area contributed by atoms with E-state index >= 15 is 0 Å². The molecule has 1 amide bonds. The minimum Gasteiger partial charge on any atom is -0.492 e. The topological polar surface area (TPSA) is 92.9 Å². The van der Waals surface area contributed by atoms with Gasteiger partial charge >= 0.3 is 0 Å². The lowest BCUT2D eigenvalue weighted by atomic mass is 10.2. The number of piperazine rings is 1. The van der Waals surface area contributed by atoms with Gasteiger partial charge < -0.3 is 9.64 Å². The average Bonchev–Trinajstić information content (AvgIpc) is 2.68. The summed E-state index contributed by atoms with van der Waals surface area (Å²) in [7, 11) is -3.75. The number of carbonyl (C=O) groups excluding carboxylic acids is 1. The molecule has 27 heavy (non-hydrogen) atoms. The first-order chi connectivity index (χ1) is 12.9. The van der Waals surface area contributed by atoms with Gasteiger partial charge in [-0.05, 0) is 36.4 Å². The van der Waals surface area contributed by atoms with Crippen LogP contribution in [0.3, 0.4) is 0 Å². The molecule has 0 radical (unpaired) electrons. The molecule has 0 aliphatic carbocycles. The van der Waals surface area contributed by atoms with Gasteiger partial charge in [0.1, 0.15) is 12.4 Å². The van der Waals surface area contributed by atoms with Crippen molar-refractivity contribution in [2.75, 3.05) is 39.3 Å². The number of hydrogen-bond donors (Lipinski definition) is 1. The highest BCUT2D eigenvalue weighted by Crippen LogP contribution is 2.13. The van der Waals surface area contributed by atoms with E-state index in [2.05, 4.69) is 4.90 Å². The van der Waals surface area contributed by atoms with Crippen LogP contribution in [0.25, 0.3) is 0 Å². The molecule has 7 nitrogen and oxygen atoms in total. The third kappa shape index (κ3) is 5.29. The van der Waals surface area contributed by atoms with Gasteiger partial charge in [-0.25, -0.2) is 13.6 Å². The fraction of sp³-hybridized carbons (Fsp3) is 0.316. The quantitative estimate of drug-likeness (QED) is 0.801. The van der Waals surface area contributed by atoms with Gasteiger partial charge in [0, 0.05) is 38.3 Å². The standard InChI is InChI=1S/C19H23N3O4S/c20-27(24,25)18-8-6-16(7-9-18)19(23)22-12-10-21(11-13-22)14-15-26-17-4-2-1-3-5-17/h1-9H,10-15H2,(H2,20,24,25). The molecular formula is C19H23N3O4S. The Kier molecular flexibility index (Phi) is 6.10. The lowest BCUT2D eigenvalue weighted by Gasteiger charge is -2.34. The molecule has 1 aliphatic heterocycles. The summed E-state index contributed by atoms with van der Waals surface area (Å²) in [4.78, 5) is 16.6. The highest BCUT2D eigenvalue weighted by molar-refractivity contribution is 7.89. The highest BCUT2D eigenvalue weighted by atomic mass is 32.2. The van der Waals surface area contributed by atoms with Crippen molar-refractivity contribution in [3.63, 3.8) is 0 Å². The Morgan fingerprint density at radius 2 is 1.59 bits per heavy atom. The van der Waals surface area contributed by atoms with Crippen LogP contribution in [0, 0.1) is 0 Å². The predicted molar refractivity (Wildman–Crippen MR) is 102 cm³/mol. The zero-order chi connectivity index (χ0) is 19.3. The zero-order valence-electron chi connectivity index (χ0n) is 15.0. The Morgan fingerprint density at radius 1 is 0.963 bits per heavy atom. The van der Waals surface area contributed by atoms with Crippen LogP contribution >= 0.6 is 0 Å². The summed E-state index contributed by atoms with van der Waals surface area (Å²) in [5, 5.41) is 5.08. The number of nitrogens with two attached hydrogens (primary N) is 1. The summed E-state index contributed by atoms with van der Waals surface area (Å²) in [6, 6.07) is 15.4. The van der Waals surface area contributed by atoms with Gasteiger partial charge in [-0.2, -0.15) is 0 Å². The van der Waals surface area contributed by atoms with E-state index in [-0.39, 0.29) is 10.8 Å². The number of sulfonamides is 1. The second-order valence-electron chi connectivity index (χ2n) is 6.36. The number of carbonyl (C=O) groups is 1. The summed E-state index contributed by atoms with van der Waals surface area (Å²) in [5.41, 5.74) is 0.461. The first-order valence-electron chi connectivity index (χ1n) is 8.76. The van der Waals surface area contributed by atoms with Crippen LogP contribution in [0.4, 0.5) is 0 Å². The molecule has 1 heterocycles. The Bertz CT molecular complexity index is 862. The number of benzene rings is 2. The van der Waals surface area contributed by atoms with Gasteiger partial charge in [-0.3, -0.25) is 9.69 Å². The van der Waals surface area contributed by atoms with E-state index in [0.717, 1.165) is 25.4 Å². The zero-order valence-corrected chi connectivity index (χ0v) is 15.8. The first kappa shape index (κ1) is 19.3. The fourth-order valence-electron chi connectivity index (χ4n) is 2.95. The number of para-hydroxylation sites is 1. The molecule has 0 aromatic heterocycles. The molecule has 2 aromatic rings. The number of primary sulfonamides is 1. The van der Waals surface area contributed by atoms with Crippen LogP contribution in [0.1, 0.15) is 10.4 Å². The molecule has 2 N–H and O–H groups in total. The smallest absolute Gasteiger partial charge is 0.253 e. The molecular weight excluding hydrogens is 366 g/mol. The van der Waals surface area contributed by atoms with E-state index in [1.807, 2.05) is 30.3 Å². The summed E-state index contributed by atoms with van der Waals surface area (Å²) in [5.74, 6) is 0.755. The number of ether oxygens (including phenoxy) is 1. The van der Waals surface area contributed by atoms with Crippen LogP contribution in [0.15, 0.2) is 59.5 Å². The number of hydrogen-bond acceptors (Lipinski definition) is 5. The number of rotatable bonds is 6. The molecule has 0 spiro atoms. The highest BCUT2D eigenvalue weighted by Gasteiger charge is 2.22. The SMILES string of the molecule is NS(=O)(=O)c1ccc(C(=O)N2CCN(CCOc3ccccc3)CC2)cc1. The van der Waals surface area contributed by atoms with Gasteiger partial charge in [0.15, 0.2) is 0 Å². The molecule has 2 aromatic carbocycles. The lowest BCUT2D eigenvalue weighted by molar-refractivity contribution is 0.0620. The van der Waals surface area contributed by atoms with Gasteiger partial charge in [0.2, 0.25) is 10.0 Å². The van der Waals surface area contributed by atoms with Crippen LogP contribution in [-0.2, 0) is 10.0 Å². The van der Waals surface area contributed by atoms with Crippen molar-refractivity contribution in [3.05, 3.63) is 60.2 Å². The Hall–Kier alpha value is -2.42. The molecule has 0 unspecified atom stereocenters. The predicted octanol–water partition coefficient (Wildman–Crippen LogP) is 1.17. The van der Waals surface area contributed by atoms with Crippen molar-refractivity contribution >= 4 is 15.9 Å². The Morgan fingerprint density at radius 3 is 2.19 bits per heavy atom. The van der Waals surface area contributed by atoms with Crippen molar-refractivity contribution in [1.29, 1.82) is 0 Å². The van der Waals surface area contributed by atoms with Crippen LogP contribution in [-0.4, -0.2) is 63.5 Å². The van der Waals surface area contributed by atoms with Gasteiger partial charge in [0.05, 0.1) is 4.90 Å². The maximum Gasteiger partial charge on any atom is 0.253 e. The van der Waals surface area contributed by atoms with E-state index < -0.39 is 10.0 Å². The maximum atomic E-state index is 12.6. The average molecular weight is 389 g/mol. The molecule has 3 rings (SSSR count). The van der Waals surface area contributed by atoms with Gasteiger partial charge in [-0.15, -0.1) is 0 Å². The summed E-state index contributed by atoms with van der Waals surface area (Å²) >= 11 is 0. The third-order valence-electron chi connectivity index (χ3n) is 4.51. The Labute approximate surface area is 159 Å².